The van der Waals surface area contributed by atoms with Gasteiger partial charge in [-0.05, 0) is 37.6 Å². The minimum absolute atomic E-state index is 0.113. The maximum Gasteiger partial charge on any atom is 0.352 e. The minimum atomic E-state index is -0.609. The molecular formula is C11H9ClN4O3. The normalized spacial score (nSPS) is 10.3. The molecule has 98 valence electrons. The van der Waals surface area contributed by atoms with Gasteiger partial charge in [0.25, 0.3) is 0 Å². The predicted octanol–water partition coefficient (Wildman–Crippen LogP) is 2.84. The van der Waals surface area contributed by atoms with Gasteiger partial charge in [-0.2, -0.15) is 4.98 Å². The number of hydrogen-bond acceptors (Lipinski definition) is 6. The van der Waals surface area contributed by atoms with Gasteiger partial charge in [0.15, 0.2) is 0 Å². The van der Waals surface area contributed by atoms with Crippen molar-refractivity contribution in [3.05, 3.63) is 45.1 Å². The lowest BCUT2D eigenvalue weighted by Gasteiger charge is -2.06. The van der Waals surface area contributed by atoms with Gasteiger partial charge in [-0.25, -0.2) is 4.98 Å². The van der Waals surface area contributed by atoms with Crippen LogP contribution in [0, 0.1) is 24.0 Å². The number of halogens is 1. The number of aryl methyl sites for hydroxylation is 2. The van der Waals surface area contributed by atoms with Gasteiger partial charge in [0.1, 0.15) is 11.4 Å². The molecule has 2 rings (SSSR count). The predicted molar refractivity (Wildman–Crippen MR) is 67.5 cm³/mol. The summed E-state index contributed by atoms with van der Waals surface area (Å²) in [7, 11) is 0. The fraction of sp³-hybridized carbons (Fsp3) is 0.182. The topological polar surface area (TPSA) is 91.0 Å². The van der Waals surface area contributed by atoms with E-state index in [0.717, 1.165) is 5.69 Å². The fourth-order valence-electron chi connectivity index (χ4n) is 1.42. The lowest BCUT2D eigenvalue weighted by atomic mass is 10.3. The summed E-state index contributed by atoms with van der Waals surface area (Å²) in [6.07, 6.45) is 1.45. The third kappa shape index (κ3) is 2.94. The summed E-state index contributed by atoms with van der Waals surface area (Å²) in [5.74, 6) is 0.135. The molecule has 0 unspecified atom stereocenters. The molecule has 7 nitrogen and oxygen atoms in total. The van der Waals surface area contributed by atoms with Crippen LogP contribution < -0.4 is 4.74 Å². The molecule has 19 heavy (non-hydrogen) atoms. The molecular weight excluding hydrogens is 272 g/mol. The molecule has 0 saturated heterocycles. The first kappa shape index (κ1) is 13.2. The van der Waals surface area contributed by atoms with Crippen LogP contribution in [-0.2, 0) is 0 Å². The second kappa shape index (κ2) is 5.15. The highest BCUT2D eigenvalue weighted by molar-refractivity contribution is 6.28. The molecule has 0 saturated carbocycles. The van der Waals surface area contributed by atoms with Crippen LogP contribution >= 0.6 is 11.6 Å². The van der Waals surface area contributed by atoms with E-state index < -0.39 is 4.92 Å². The molecule has 0 spiro atoms. The number of nitrogens with zero attached hydrogens (tertiary/aromatic N) is 4. The summed E-state index contributed by atoms with van der Waals surface area (Å²) in [5, 5.41) is 10.9. The van der Waals surface area contributed by atoms with Gasteiger partial charge in [0.2, 0.25) is 5.28 Å². The number of aromatic nitrogens is 3. The van der Waals surface area contributed by atoms with E-state index in [9.17, 15) is 10.1 Å². The molecule has 0 aliphatic rings. The average molecular weight is 281 g/mol. The first-order valence-corrected chi connectivity index (χ1v) is 5.64. The number of rotatable bonds is 3. The van der Waals surface area contributed by atoms with Crippen molar-refractivity contribution < 1.29 is 9.66 Å². The highest BCUT2D eigenvalue weighted by Crippen LogP contribution is 2.31. The molecule has 0 radical (unpaired) electrons. The van der Waals surface area contributed by atoms with Crippen molar-refractivity contribution in [2.24, 2.45) is 0 Å². The maximum absolute atomic E-state index is 11.0. The van der Waals surface area contributed by atoms with Crippen molar-refractivity contribution >= 4 is 17.3 Å². The SMILES string of the molecule is Cc1ccc(Oc2nc(Cl)nc(C)c2[N+](=O)[O-])cn1. The largest absolute Gasteiger partial charge is 0.432 e. The van der Waals surface area contributed by atoms with Crippen LogP contribution in [-0.4, -0.2) is 19.9 Å². The molecule has 0 atom stereocenters. The van der Waals surface area contributed by atoms with Crippen molar-refractivity contribution in [2.75, 3.05) is 0 Å². The Hall–Kier alpha value is -2.28. The van der Waals surface area contributed by atoms with Crippen LogP contribution in [0.2, 0.25) is 5.28 Å². The number of hydrogen-bond donors (Lipinski definition) is 0. The van der Waals surface area contributed by atoms with Crippen molar-refractivity contribution in [2.45, 2.75) is 13.8 Å². The van der Waals surface area contributed by atoms with Crippen molar-refractivity contribution in [1.29, 1.82) is 0 Å². The van der Waals surface area contributed by atoms with E-state index >= 15 is 0 Å². The van der Waals surface area contributed by atoms with E-state index in [-0.39, 0.29) is 22.5 Å². The molecule has 0 fully saturated rings. The van der Waals surface area contributed by atoms with Gasteiger partial charge in [0.05, 0.1) is 11.1 Å². The van der Waals surface area contributed by atoms with Crippen LogP contribution in [0.3, 0.4) is 0 Å². The van der Waals surface area contributed by atoms with Gasteiger partial charge in [-0.15, -0.1) is 0 Å². The molecule has 0 aliphatic carbocycles. The zero-order chi connectivity index (χ0) is 14.0. The smallest absolute Gasteiger partial charge is 0.352 e. The average Bonchev–Trinajstić information content (AvgIpc) is 2.30. The zero-order valence-corrected chi connectivity index (χ0v) is 10.9. The monoisotopic (exact) mass is 280 g/mol. The molecule has 0 bridgehead atoms. The summed E-state index contributed by atoms with van der Waals surface area (Å²) < 4.78 is 5.35. The summed E-state index contributed by atoms with van der Waals surface area (Å²) >= 11 is 5.68. The van der Waals surface area contributed by atoms with Crippen molar-refractivity contribution in [3.8, 4) is 11.6 Å². The molecule has 2 aromatic heterocycles. The molecule has 2 heterocycles. The Morgan fingerprint density at radius 2 is 2.05 bits per heavy atom. The van der Waals surface area contributed by atoms with E-state index in [1.165, 1.54) is 13.1 Å². The van der Waals surface area contributed by atoms with Crippen molar-refractivity contribution in [1.82, 2.24) is 15.0 Å². The summed E-state index contributed by atoms with van der Waals surface area (Å²) in [5.41, 5.74) is 0.629. The van der Waals surface area contributed by atoms with E-state index in [0.29, 0.717) is 5.75 Å². The second-order valence-electron chi connectivity index (χ2n) is 3.73. The minimum Gasteiger partial charge on any atom is -0.432 e. The first-order valence-electron chi connectivity index (χ1n) is 5.26. The standard InChI is InChI=1S/C11H9ClN4O3/c1-6-3-4-8(5-13-6)19-10-9(16(17)18)7(2)14-11(12)15-10/h3-5H,1-2H3. The van der Waals surface area contributed by atoms with Gasteiger partial charge in [-0.1, -0.05) is 0 Å². The van der Waals surface area contributed by atoms with Gasteiger partial charge < -0.3 is 4.74 Å². The fourth-order valence-corrected chi connectivity index (χ4v) is 1.62. The number of ether oxygens (including phenoxy) is 1. The molecule has 0 amide bonds. The van der Waals surface area contributed by atoms with Crippen LogP contribution in [0.15, 0.2) is 18.3 Å². The molecule has 0 aromatic carbocycles. The number of pyridine rings is 1. The van der Waals surface area contributed by atoms with Gasteiger partial charge in [0, 0.05) is 5.69 Å². The first-order chi connectivity index (χ1) is 8.97. The zero-order valence-electron chi connectivity index (χ0n) is 10.1. The Kier molecular flexibility index (Phi) is 3.57. The number of nitro groups is 1. The third-order valence-corrected chi connectivity index (χ3v) is 2.45. The van der Waals surface area contributed by atoms with Crippen LogP contribution in [0.5, 0.6) is 11.6 Å². The maximum atomic E-state index is 11.0. The highest BCUT2D eigenvalue weighted by atomic mass is 35.5. The summed E-state index contributed by atoms with van der Waals surface area (Å²) in [6, 6.07) is 3.36. The summed E-state index contributed by atoms with van der Waals surface area (Å²) in [4.78, 5) is 21.9. The Labute approximate surface area is 113 Å². The molecule has 0 N–H and O–H groups in total. The Bertz CT molecular complexity index is 631. The van der Waals surface area contributed by atoms with Crippen LogP contribution in [0.1, 0.15) is 11.4 Å². The van der Waals surface area contributed by atoms with E-state index in [2.05, 4.69) is 15.0 Å². The van der Waals surface area contributed by atoms with Crippen LogP contribution in [0.4, 0.5) is 5.69 Å². The van der Waals surface area contributed by atoms with E-state index in [1.54, 1.807) is 12.1 Å². The van der Waals surface area contributed by atoms with E-state index in [4.69, 9.17) is 16.3 Å². The van der Waals surface area contributed by atoms with Gasteiger partial charge >= 0.3 is 11.6 Å². The second-order valence-corrected chi connectivity index (χ2v) is 4.06. The van der Waals surface area contributed by atoms with Crippen molar-refractivity contribution in [3.63, 3.8) is 0 Å². The quantitative estimate of drug-likeness (QED) is 0.488. The van der Waals surface area contributed by atoms with Crippen LogP contribution in [0.25, 0.3) is 0 Å². The third-order valence-electron chi connectivity index (χ3n) is 2.28. The Morgan fingerprint density at radius 3 is 2.63 bits per heavy atom. The van der Waals surface area contributed by atoms with E-state index in [1.807, 2.05) is 6.92 Å². The highest BCUT2D eigenvalue weighted by Gasteiger charge is 2.23. The molecule has 2 aromatic rings. The Balaban J connectivity index is 2.44. The Morgan fingerprint density at radius 1 is 1.32 bits per heavy atom. The lowest BCUT2D eigenvalue weighted by Crippen LogP contribution is -2.01. The summed E-state index contributed by atoms with van der Waals surface area (Å²) in [6.45, 7) is 3.28. The lowest BCUT2D eigenvalue weighted by molar-refractivity contribution is -0.386. The molecule has 0 aliphatic heterocycles. The van der Waals surface area contributed by atoms with Gasteiger partial charge in [-0.3, -0.25) is 15.1 Å². The molecule has 8 heteroatoms.